The molecular formula is C19H18ClN. The summed E-state index contributed by atoms with van der Waals surface area (Å²) in [4.78, 5) is 0. The minimum absolute atomic E-state index is 0.259. The predicted molar refractivity (Wildman–Crippen MR) is 90.9 cm³/mol. The molecule has 0 fully saturated rings. The molecule has 106 valence electrons. The van der Waals surface area contributed by atoms with Gasteiger partial charge in [0.05, 0.1) is 0 Å². The number of halogens is 1. The highest BCUT2D eigenvalue weighted by Crippen LogP contribution is 2.25. The van der Waals surface area contributed by atoms with E-state index in [9.17, 15) is 0 Å². The van der Waals surface area contributed by atoms with Crippen molar-refractivity contribution in [3.63, 3.8) is 0 Å². The number of hydrogen-bond donors (Lipinski definition) is 1. The van der Waals surface area contributed by atoms with Gasteiger partial charge in [-0.25, -0.2) is 0 Å². The van der Waals surface area contributed by atoms with Gasteiger partial charge in [0.25, 0.3) is 0 Å². The standard InChI is InChI=1S/C19H18ClN/c1-21-19(13-16-8-4-5-9-18(16)20)17-11-10-14-6-2-3-7-15(14)12-17/h2-12,19,21H,13H2,1H3. The quantitative estimate of drug-likeness (QED) is 0.714. The maximum absolute atomic E-state index is 6.28. The fourth-order valence-electron chi connectivity index (χ4n) is 2.69. The average molecular weight is 296 g/mol. The lowest BCUT2D eigenvalue weighted by atomic mass is 9.96. The van der Waals surface area contributed by atoms with E-state index >= 15 is 0 Å². The zero-order chi connectivity index (χ0) is 14.7. The van der Waals surface area contributed by atoms with Gasteiger partial charge in [-0.05, 0) is 47.5 Å². The topological polar surface area (TPSA) is 12.0 Å². The molecule has 0 radical (unpaired) electrons. The molecule has 1 nitrogen and oxygen atoms in total. The predicted octanol–water partition coefficient (Wildman–Crippen LogP) is 5.00. The number of nitrogens with one attached hydrogen (secondary N) is 1. The van der Waals surface area contributed by atoms with Crippen molar-refractivity contribution >= 4 is 22.4 Å². The van der Waals surface area contributed by atoms with E-state index in [0.717, 1.165) is 11.4 Å². The van der Waals surface area contributed by atoms with Gasteiger partial charge in [0.2, 0.25) is 0 Å². The van der Waals surface area contributed by atoms with Crippen LogP contribution in [0.5, 0.6) is 0 Å². The van der Waals surface area contributed by atoms with Crippen LogP contribution in [-0.2, 0) is 6.42 Å². The molecule has 1 N–H and O–H groups in total. The van der Waals surface area contributed by atoms with Gasteiger partial charge in [-0.15, -0.1) is 0 Å². The normalized spacial score (nSPS) is 12.5. The summed E-state index contributed by atoms with van der Waals surface area (Å²) in [7, 11) is 2.00. The van der Waals surface area contributed by atoms with Crippen molar-refractivity contribution in [3.05, 3.63) is 82.9 Å². The van der Waals surface area contributed by atoms with Crippen LogP contribution in [-0.4, -0.2) is 7.05 Å². The molecule has 0 heterocycles. The van der Waals surface area contributed by atoms with Crippen LogP contribution in [0.15, 0.2) is 66.7 Å². The second-order valence-corrected chi connectivity index (χ2v) is 5.65. The maximum Gasteiger partial charge on any atom is 0.0438 e. The van der Waals surface area contributed by atoms with Crippen molar-refractivity contribution < 1.29 is 0 Å². The molecule has 0 aliphatic carbocycles. The lowest BCUT2D eigenvalue weighted by Crippen LogP contribution is -2.19. The van der Waals surface area contributed by atoms with Crippen LogP contribution >= 0.6 is 11.6 Å². The van der Waals surface area contributed by atoms with Crippen molar-refractivity contribution in [1.29, 1.82) is 0 Å². The van der Waals surface area contributed by atoms with Crippen LogP contribution in [0.2, 0.25) is 5.02 Å². The van der Waals surface area contributed by atoms with Gasteiger partial charge in [-0.1, -0.05) is 66.2 Å². The van der Waals surface area contributed by atoms with Crippen molar-refractivity contribution in [3.8, 4) is 0 Å². The second-order valence-electron chi connectivity index (χ2n) is 5.24. The fourth-order valence-corrected chi connectivity index (χ4v) is 2.91. The van der Waals surface area contributed by atoms with E-state index in [0.29, 0.717) is 0 Å². The smallest absolute Gasteiger partial charge is 0.0438 e. The van der Waals surface area contributed by atoms with Crippen LogP contribution in [0.1, 0.15) is 17.2 Å². The highest BCUT2D eigenvalue weighted by Gasteiger charge is 2.12. The fraction of sp³-hybridized carbons (Fsp3) is 0.158. The largest absolute Gasteiger partial charge is 0.313 e. The third-order valence-corrected chi connectivity index (χ3v) is 4.27. The number of fused-ring (bicyclic) bond motifs is 1. The summed E-state index contributed by atoms with van der Waals surface area (Å²) in [6.45, 7) is 0. The molecule has 0 aliphatic rings. The van der Waals surface area contributed by atoms with E-state index < -0.39 is 0 Å². The van der Waals surface area contributed by atoms with Crippen molar-refractivity contribution in [2.75, 3.05) is 7.05 Å². The van der Waals surface area contributed by atoms with E-state index in [1.165, 1.54) is 21.9 Å². The van der Waals surface area contributed by atoms with Gasteiger partial charge in [-0.3, -0.25) is 0 Å². The zero-order valence-electron chi connectivity index (χ0n) is 12.0. The van der Waals surface area contributed by atoms with Gasteiger partial charge in [0.1, 0.15) is 0 Å². The van der Waals surface area contributed by atoms with Crippen LogP contribution in [0.3, 0.4) is 0 Å². The number of likely N-dealkylation sites (N-methyl/N-ethyl adjacent to an activating group) is 1. The number of benzene rings is 3. The lowest BCUT2D eigenvalue weighted by Gasteiger charge is -2.18. The Labute approximate surface area is 130 Å². The molecule has 3 aromatic carbocycles. The summed E-state index contributed by atoms with van der Waals surface area (Å²) in [6.07, 6.45) is 0.883. The van der Waals surface area contributed by atoms with Crippen molar-refractivity contribution in [2.45, 2.75) is 12.5 Å². The Morgan fingerprint density at radius 3 is 2.38 bits per heavy atom. The minimum atomic E-state index is 0.259. The number of rotatable bonds is 4. The minimum Gasteiger partial charge on any atom is -0.313 e. The van der Waals surface area contributed by atoms with Gasteiger partial charge in [0.15, 0.2) is 0 Å². The Morgan fingerprint density at radius 1 is 0.905 bits per heavy atom. The van der Waals surface area contributed by atoms with Gasteiger partial charge in [0, 0.05) is 11.1 Å². The summed E-state index contributed by atoms with van der Waals surface area (Å²) < 4.78 is 0. The number of hydrogen-bond acceptors (Lipinski definition) is 1. The van der Waals surface area contributed by atoms with Crippen LogP contribution in [0.25, 0.3) is 10.8 Å². The highest BCUT2D eigenvalue weighted by molar-refractivity contribution is 6.31. The summed E-state index contributed by atoms with van der Waals surface area (Å²) in [6, 6.07) is 23.4. The Bertz CT molecular complexity index is 751. The second kappa shape index (κ2) is 6.30. The van der Waals surface area contributed by atoms with Crippen LogP contribution in [0, 0.1) is 0 Å². The first-order valence-corrected chi connectivity index (χ1v) is 7.55. The molecule has 3 rings (SSSR count). The summed E-state index contributed by atoms with van der Waals surface area (Å²) in [5, 5.41) is 6.78. The van der Waals surface area contributed by atoms with Crippen LogP contribution < -0.4 is 5.32 Å². The Balaban J connectivity index is 1.93. The van der Waals surface area contributed by atoms with Gasteiger partial charge >= 0.3 is 0 Å². The molecule has 0 spiro atoms. The average Bonchev–Trinajstić information content (AvgIpc) is 2.54. The van der Waals surface area contributed by atoms with Crippen molar-refractivity contribution in [1.82, 2.24) is 5.32 Å². The maximum atomic E-state index is 6.28. The van der Waals surface area contributed by atoms with Crippen LogP contribution in [0.4, 0.5) is 0 Å². The van der Waals surface area contributed by atoms with E-state index in [-0.39, 0.29) is 6.04 Å². The first kappa shape index (κ1) is 14.1. The molecule has 21 heavy (non-hydrogen) atoms. The van der Waals surface area contributed by atoms with Crippen molar-refractivity contribution in [2.24, 2.45) is 0 Å². The summed E-state index contributed by atoms with van der Waals surface area (Å²) in [5.74, 6) is 0. The van der Waals surface area contributed by atoms with Gasteiger partial charge < -0.3 is 5.32 Å². The molecule has 0 saturated heterocycles. The Kier molecular flexibility index (Phi) is 4.23. The monoisotopic (exact) mass is 295 g/mol. The van der Waals surface area contributed by atoms with E-state index in [4.69, 9.17) is 11.6 Å². The van der Waals surface area contributed by atoms with Gasteiger partial charge in [-0.2, -0.15) is 0 Å². The molecule has 0 aliphatic heterocycles. The Hall–Kier alpha value is -1.83. The molecule has 0 saturated carbocycles. The molecular weight excluding hydrogens is 278 g/mol. The third-order valence-electron chi connectivity index (χ3n) is 3.91. The first-order chi connectivity index (χ1) is 10.3. The summed E-state index contributed by atoms with van der Waals surface area (Å²) >= 11 is 6.28. The molecule has 0 bridgehead atoms. The van der Waals surface area contributed by atoms with E-state index in [2.05, 4.69) is 53.8 Å². The highest BCUT2D eigenvalue weighted by atomic mass is 35.5. The molecule has 1 atom stereocenters. The third kappa shape index (κ3) is 3.10. The molecule has 3 aromatic rings. The molecule has 1 unspecified atom stereocenters. The lowest BCUT2D eigenvalue weighted by molar-refractivity contribution is 0.593. The molecule has 0 amide bonds. The SMILES string of the molecule is CNC(Cc1ccccc1Cl)c1ccc2ccccc2c1. The molecule has 0 aromatic heterocycles. The Morgan fingerprint density at radius 2 is 1.62 bits per heavy atom. The zero-order valence-corrected chi connectivity index (χ0v) is 12.8. The van der Waals surface area contributed by atoms with E-state index in [1.54, 1.807) is 0 Å². The van der Waals surface area contributed by atoms with E-state index in [1.807, 2.05) is 25.2 Å². The first-order valence-electron chi connectivity index (χ1n) is 7.17. The molecule has 2 heteroatoms. The summed E-state index contributed by atoms with van der Waals surface area (Å²) in [5.41, 5.74) is 2.46.